The molecule has 1 aliphatic carbocycles. The van der Waals surface area contributed by atoms with E-state index < -0.39 is 5.95 Å². The molecule has 0 spiro atoms. The van der Waals surface area contributed by atoms with Crippen LogP contribution in [0.2, 0.25) is 0 Å². The second kappa shape index (κ2) is 5.07. The average molecular weight is 260 g/mol. The van der Waals surface area contributed by atoms with Gasteiger partial charge in [0.15, 0.2) is 0 Å². The zero-order chi connectivity index (χ0) is 13.2. The molecule has 0 amide bonds. The highest BCUT2D eigenvalue weighted by Gasteiger charge is 2.19. The van der Waals surface area contributed by atoms with Crippen LogP contribution in [0.1, 0.15) is 32.6 Å². The predicted molar refractivity (Wildman–Crippen MR) is 72.3 cm³/mol. The van der Waals surface area contributed by atoms with Crippen LogP contribution in [-0.2, 0) is 0 Å². The number of hydrogen-bond donors (Lipinski definition) is 1. The topological polar surface area (TPSA) is 50.7 Å². The number of hydrogen-bond acceptors (Lipinski definition) is 4. The Kier molecular flexibility index (Phi) is 3.27. The number of halogens is 1. The van der Waals surface area contributed by atoms with Gasteiger partial charge in [0.25, 0.3) is 0 Å². The van der Waals surface area contributed by atoms with Crippen LogP contribution in [-0.4, -0.2) is 21.0 Å². The Balaban J connectivity index is 1.86. The lowest BCUT2D eigenvalue weighted by Crippen LogP contribution is -2.25. The van der Waals surface area contributed by atoms with Gasteiger partial charge in [0.05, 0.1) is 11.7 Å². The fourth-order valence-electron chi connectivity index (χ4n) is 2.65. The van der Waals surface area contributed by atoms with E-state index in [9.17, 15) is 4.39 Å². The van der Waals surface area contributed by atoms with E-state index in [1.54, 1.807) is 0 Å². The van der Waals surface area contributed by atoms with Crippen molar-refractivity contribution in [3.63, 3.8) is 0 Å². The minimum absolute atomic E-state index is 0.422. The van der Waals surface area contributed by atoms with E-state index in [0.717, 1.165) is 18.8 Å². The zero-order valence-corrected chi connectivity index (χ0v) is 10.9. The van der Waals surface area contributed by atoms with E-state index in [4.69, 9.17) is 0 Å². The van der Waals surface area contributed by atoms with Gasteiger partial charge in [-0.3, -0.25) is 0 Å². The molecule has 0 unspecified atom stereocenters. The molecule has 0 aromatic carbocycles. The van der Waals surface area contributed by atoms with Gasteiger partial charge in [-0.2, -0.15) is 4.39 Å². The summed E-state index contributed by atoms with van der Waals surface area (Å²) in [6, 6.07) is 1.81. The quantitative estimate of drug-likeness (QED) is 0.843. The van der Waals surface area contributed by atoms with E-state index in [1.807, 2.05) is 0 Å². The van der Waals surface area contributed by atoms with Crippen LogP contribution in [0, 0.1) is 11.9 Å². The van der Waals surface area contributed by atoms with Crippen molar-refractivity contribution in [2.75, 3.05) is 5.32 Å². The molecule has 1 fully saturated rings. The van der Waals surface area contributed by atoms with Crippen molar-refractivity contribution in [3.8, 4) is 0 Å². The van der Waals surface area contributed by atoms with Gasteiger partial charge < -0.3 is 5.32 Å². The van der Waals surface area contributed by atoms with Gasteiger partial charge in [0, 0.05) is 17.5 Å². The highest BCUT2D eigenvalue weighted by Crippen LogP contribution is 2.27. The number of rotatable bonds is 2. The van der Waals surface area contributed by atoms with Crippen molar-refractivity contribution in [1.82, 2.24) is 15.0 Å². The third-order valence-electron chi connectivity index (χ3n) is 3.85. The third-order valence-corrected chi connectivity index (χ3v) is 3.85. The average Bonchev–Trinajstić information content (AvgIpc) is 2.42. The van der Waals surface area contributed by atoms with Gasteiger partial charge in [-0.25, -0.2) is 15.0 Å². The number of aromatic nitrogens is 3. The maximum Gasteiger partial charge on any atom is 0.213 e. The van der Waals surface area contributed by atoms with Crippen LogP contribution in [0.3, 0.4) is 0 Å². The maximum atomic E-state index is 13.3. The Morgan fingerprint density at radius 1 is 1.16 bits per heavy atom. The molecule has 1 aliphatic rings. The van der Waals surface area contributed by atoms with Crippen molar-refractivity contribution in [2.45, 2.75) is 38.6 Å². The minimum Gasteiger partial charge on any atom is -0.367 e. The first-order chi connectivity index (χ1) is 9.22. The first kappa shape index (κ1) is 12.3. The molecule has 2 heterocycles. The van der Waals surface area contributed by atoms with Gasteiger partial charge in [-0.1, -0.05) is 6.92 Å². The Morgan fingerprint density at radius 3 is 2.74 bits per heavy atom. The standard InChI is InChI=1S/C14H17FN4/c1-9-2-4-10(5-3-9)19-14-11-6-13(15)16-7-12(11)17-8-18-14/h6-10H,2-5H2,1H3,(H,17,18,19). The fraction of sp³-hybridized carbons (Fsp3) is 0.500. The molecule has 5 heteroatoms. The van der Waals surface area contributed by atoms with Gasteiger partial charge >= 0.3 is 0 Å². The predicted octanol–water partition coefficient (Wildman–Crippen LogP) is 3.15. The zero-order valence-electron chi connectivity index (χ0n) is 10.9. The molecule has 4 nitrogen and oxygen atoms in total. The summed E-state index contributed by atoms with van der Waals surface area (Å²) in [5.74, 6) is 1.02. The first-order valence-corrected chi connectivity index (χ1v) is 6.75. The van der Waals surface area contributed by atoms with Gasteiger partial charge in [0.1, 0.15) is 12.1 Å². The summed E-state index contributed by atoms with van der Waals surface area (Å²) in [5, 5.41) is 4.13. The summed E-state index contributed by atoms with van der Waals surface area (Å²) in [5.41, 5.74) is 0.670. The molecule has 2 aromatic heterocycles. The van der Waals surface area contributed by atoms with Crippen LogP contribution in [0.4, 0.5) is 10.2 Å². The maximum absolute atomic E-state index is 13.3. The number of nitrogens with zero attached hydrogens (tertiary/aromatic N) is 3. The molecule has 1 N–H and O–H groups in total. The largest absolute Gasteiger partial charge is 0.367 e. The Morgan fingerprint density at radius 2 is 1.95 bits per heavy atom. The second-order valence-corrected chi connectivity index (χ2v) is 5.35. The lowest BCUT2D eigenvalue weighted by atomic mass is 9.87. The Bertz CT molecular complexity index is 579. The van der Waals surface area contributed by atoms with Crippen molar-refractivity contribution < 1.29 is 4.39 Å². The lowest BCUT2D eigenvalue weighted by molar-refractivity contribution is 0.361. The van der Waals surface area contributed by atoms with Crippen LogP contribution in [0.15, 0.2) is 18.6 Å². The molecule has 0 saturated heterocycles. The van der Waals surface area contributed by atoms with E-state index in [0.29, 0.717) is 22.8 Å². The summed E-state index contributed by atoms with van der Waals surface area (Å²) >= 11 is 0. The lowest BCUT2D eigenvalue weighted by Gasteiger charge is -2.27. The molecule has 0 bridgehead atoms. The van der Waals surface area contributed by atoms with E-state index in [-0.39, 0.29) is 0 Å². The Labute approximate surface area is 111 Å². The molecule has 0 atom stereocenters. The number of nitrogens with one attached hydrogen (secondary N) is 1. The smallest absolute Gasteiger partial charge is 0.213 e. The van der Waals surface area contributed by atoms with Crippen molar-refractivity contribution in [2.24, 2.45) is 5.92 Å². The number of anilines is 1. The van der Waals surface area contributed by atoms with E-state index in [1.165, 1.54) is 31.4 Å². The highest BCUT2D eigenvalue weighted by molar-refractivity contribution is 5.88. The molecule has 2 aromatic rings. The first-order valence-electron chi connectivity index (χ1n) is 6.75. The van der Waals surface area contributed by atoms with Crippen LogP contribution in [0.25, 0.3) is 10.9 Å². The SMILES string of the molecule is CC1CCC(Nc2ncnc3cnc(F)cc23)CC1. The minimum atomic E-state index is -0.498. The molecular formula is C14H17FN4. The fourth-order valence-corrected chi connectivity index (χ4v) is 2.65. The third kappa shape index (κ3) is 2.64. The van der Waals surface area contributed by atoms with Crippen molar-refractivity contribution >= 4 is 16.7 Å². The van der Waals surface area contributed by atoms with Crippen LogP contribution in [0.5, 0.6) is 0 Å². The summed E-state index contributed by atoms with van der Waals surface area (Å²) in [4.78, 5) is 12.0. The van der Waals surface area contributed by atoms with Gasteiger partial charge in [-0.15, -0.1) is 0 Å². The molecule has 1 saturated carbocycles. The normalized spacial score (nSPS) is 23.5. The number of fused-ring (bicyclic) bond motifs is 1. The summed E-state index contributed by atoms with van der Waals surface area (Å²) in [6.07, 6.45) is 7.68. The molecule has 100 valence electrons. The molecule has 3 rings (SSSR count). The molecule has 0 radical (unpaired) electrons. The van der Waals surface area contributed by atoms with Crippen molar-refractivity contribution in [1.29, 1.82) is 0 Å². The number of pyridine rings is 1. The molecular weight excluding hydrogens is 243 g/mol. The summed E-state index contributed by atoms with van der Waals surface area (Å²) in [6.45, 7) is 2.29. The molecule has 0 aliphatic heterocycles. The van der Waals surface area contributed by atoms with Crippen LogP contribution < -0.4 is 5.32 Å². The van der Waals surface area contributed by atoms with Gasteiger partial charge in [0.2, 0.25) is 5.95 Å². The summed E-state index contributed by atoms with van der Waals surface area (Å²) in [7, 11) is 0. The van der Waals surface area contributed by atoms with E-state index >= 15 is 0 Å². The highest BCUT2D eigenvalue weighted by atomic mass is 19.1. The Hall–Kier alpha value is -1.78. The molecule has 19 heavy (non-hydrogen) atoms. The monoisotopic (exact) mass is 260 g/mol. The summed E-state index contributed by atoms with van der Waals surface area (Å²) < 4.78 is 13.3. The second-order valence-electron chi connectivity index (χ2n) is 5.35. The van der Waals surface area contributed by atoms with Crippen LogP contribution >= 0.6 is 0 Å². The van der Waals surface area contributed by atoms with E-state index in [2.05, 4.69) is 27.2 Å². The van der Waals surface area contributed by atoms with Gasteiger partial charge in [-0.05, 0) is 31.6 Å². The van der Waals surface area contributed by atoms with Crippen molar-refractivity contribution in [3.05, 3.63) is 24.5 Å².